The molecule has 0 unspecified atom stereocenters. The van der Waals surface area contributed by atoms with Crippen molar-refractivity contribution in [2.45, 2.75) is 0 Å². The van der Waals surface area contributed by atoms with E-state index in [1.165, 1.54) is 0 Å². The Labute approximate surface area is 75.9 Å². The first-order chi connectivity index (χ1) is 2.89. The van der Waals surface area contributed by atoms with Crippen LogP contribution in [0.4, 0.5) is 0 Å². The van der Waals surface area contributed by atoms with E-state index in [1.807, 2.05) is 16.8 Å². The van der Waals surface area contributed by atoms with Crippen LogP contribution in [-0.2, 0) is 0 Å². The zero-order valence-corrected chi connectivity index (χ0v) is 7.42. The molecular formula is C5H5ClMgS. The van der Waals surface area contributed by atoms with Gasteiger partial charge in [-0.05, 0) is 0 Å². The third-order valence-electron chi connectivity index (χ3n) is 0.580. The fraction of sp³-hybridized carbons (Fsp3) is 0. The molecule has 1 heterocycles. The van der Waals surface area contributed by atoms with E-state index in [4.69, 9.17) is 0 Å². The third kappa shape index (κ3) is 3.61. The Morgan fingerprint density at radius 2 is 2.12 bits per heavy atom. The van der Waals surface area contributed by atoms with Gasteiger partial charge in [0.05, 0.1) is 0 Å². The number of hydrogen-bond acceptors (Lipinski definition) is 1. The van der Waals surface area contributed by atoms with Crippen molar-refractivity contribution in [3.8, 4) is 0 Å². The monoisotopic (exact) mass is 156 g/mol. The van der Waals surface area contributed by atoms with Gasteiger partial charge in [0, 0.05) is 0 Å². The summed E-state index contributed by atoms with van der Waals surface area (Å²) in [5, 5.41) is 4.03. The van der Waals surface area contributed by atoms with E-state index in [2.05, 4.69) is 6.92 Å². The molecule has 0 amide bonds. The van der Waals surface area contributed by atoms with Crippen LogP contribution < -0.4 is 12.4 Å². The Bertz CT molecular complexity index is 116. The molecule has 0 atom stereocenters. The minimum Gasteiger partial charge on any atom is -1.00 e. The molecule has 0 aliphatic heterocycles. The smallest absolute Gasteiger partial charge is 1.00 e. The van der Waals surface area contributed by atoms with E-state index in [0.29, 0.717) is 0 Å². The summed E-state index contributed by atoms with van der Waals surface area (Å²) in [5.74, 6) is 0. The fourth-order valence-electron chi connectivity index (χ4n) is 0.293. The zero-order chi connectivity index (χ0) is 4.41. The molecule has 0 nitrogen and oxygen atoms in total. The van der Waals surface area contributed by atoms with E-state index in [0.717, 1.165) is 5.56 Å². The Balaban J connectivity index is 0. The molecule has 3 heteroatoms. The Kier molecular flexibility index (Phi) is 8.22. The van der Waals surface area contributed by atoms with Gasteiger partial charge in [0.15, 0.2) is 0 Å². The van der Waals surface area contributed by atoms with Crippen molar-refractivity contribution in [3.63, 3.8) is 0 Å². The van der Waals surface area contributed by atoms with Gasteiger partial charge in [0.25, 0.3) is 0 Å². The van der Waals surface area contributed by atoms with E-state index in [9.17, 15) is 0 Å². The molecule has 0 aromatic carbocycles. The number of hydrogen-bond donors (Lipinski definition) is 0. The minimum absolute atomic E-state index is 0. The zero-order valence-electron chi connectivity index (χ0n) is 4.43. The van der Waals surface area contributed by atoms with E-state index in [1.54, 1.807) is 11.3 Å². The molecule has 0 saturated carbocycles. The molecule has 1 rings (SSSR count). The van der Waals surface area contributed by atoms with Crippen LogP contribution in [0.15, 0.2) is 16.8 Å². The largest absolute Gasteiger partial charge is 2.00 e. The predicted octanol–water partition coefficient (Wildman–Crippen LogP) is -1.45. The molecule has 0 bridgehead atoms. The molecule has 0 saturated heterocycles. The van der Waals surface area contributed by atoms with E-state index < -0.39 is 0 Å². The molecule has 0 radical (unpaired) electrons. The quantitative estimate of drug-likeness (QED) is 0.319. The molecule has 0 N–H and O–H groups in total. The Hall–Kier alpha value is 0.626. The third-order valence-corrected chi connectivity index (χ3v) is 1.31. The van der Waals surface area contributed by atoms with Gasteiger partial charge in [-0.15, -0.1) is 5.38 Å². The minimum atomic E-state index is 0. The van der Waals surface area contributed by atoms with Crippen LogP contribution in [0, 0.1) is 6.92 Å². The summed E-state index contributed by atoms with van der Waals surface area (Å²) in [6, 6.07) is 1.99. The van der Waals surface area contributed by atoms with Gasteiger partial charge in [0.2, 0.25) is 0 Å². The maximum absolute atomic E-state index is 3.69. The van der Waals surface area contributed by atoms with Gasteiger partial charge in [-0.3, -0.25) is 0 Å². The van der Waals surface area contributed by atoms with Crippen LogP contribution in [0.5, 0.6) is 0 Å². The van der Waals surface area contributed by atoms with Gasteiger partial charge >= 0.3 is 23.1 Å². The van der Waals surface area contributed by atoms with Crippen molar-refractivity contribution in [3.05, 3.63) is 29.3 Å². The standard InChI is InChI=1S/C5H5S.ClH.Mg/c1-5-2-3-6-4-5;;/h2-4H,1H2;1H;/q-1;;+2/p-1. The Morgan fingerprint density at radius 1 is 1.50 bits per heavy atom. The summed E-state index contributed by atoms with van der Waals surface area (Å²) >= 11 is 1.68. The summed E-state index contributed by atoms with van der Waals surface area (Å²) in [5.41, 5.74) is 1.11. The fourth-order valence-corrected chi connectivity index (χ4v) is 0.878. The van der Waals surface area contributed by atoms with Crippen molar-refractivity contribution in [1.29, 1.82) is 0 Å². The molecule has 0 aliphatic carbocycles. The van der Waals surface area contributed by atoms with Crippen LogP contribution in [0.25, 0.3) is 0 Å². The second-order valence-corrected chi connectivity index (χ2v) is 1.91. The van der Waals surface area contributed by atoms with Crippen molar-refractivity contribution >= 4 is 34.4 Å². The van der Waals surface area contributed by atoms with Gasteiger partial charge in [-0.2, -0.15) is 18.6 Å². The topological polar surface area (TPSA) is 0 Å². The van der Waals surface area contributed by atoms with Crippen molar-refractivity contribution < 1.29 is 12.4 Å². The maximum atomic E-state index is 3.69. The van der Waals surface area contributed by atoms with Gasteiger partial charge < -0.3 is 12.4 Å². The molecule has 1 aromatic rings. The number of halogens is 1. The first-order valence-electron chi connectivity index (χ1n) is 1.74. The van der Waals surface area contributed by atoms with Crippen LogP contribution in [-0.4, -0.2) is 23.1 Å². The first kappa shape index (κ1) is 11.4. The molecular weight excluding hydrogens is 152 g/mol. The maximum Gasteiger partial charge on any atom is 2.00 e. The predicted molar refractivity (Wildman–Crippen MR) is 34.5 cm³/mol. The second kappa shape index (κ2) is 5.76. The van der Waals surface area contributed by atoms with E-state index >= 15 is 0 Å². The van der Waals surface area contributed by atoms with Gasteiger partial charge in [-0.1, -0.05) is 5.38 Å². The van der Waals surface area contributed by atoms with Crippen LogP contribution in [0.1, 0.15) is 5.56 Å². The molecule has 0 spiro atoms. The van der Waals surface area contributed by atoms with Crippen molar-refractivity contribution in [2.24, 2.45) is 0 Å². The van der Waals surface area contributed by atoms with Crippen LogP contribution in [0.3, 0.4) is 0 Å². The van der Waals surface area contributed by atoms with Crippen LogP contribution >= 0.6 is 11.3 Å². The van der Waals surface area contributed by atoms with E-state index in [-0.39, 0.29) is 35.5 Å². The van der Waals surface area contributed by atoms with Crippen LogP contribution in [0.2, 0.25) is 0 Å². The summed E-state index contributed by atoms with van der Waals surface area (Å²) in [4.78, 5) is 0. The van der Waals surface area contributed by atoms with Crippen molar-refractivity contribution in [1.82, 2.24) is 0 Å². The average molecular weight is 157 g/mol. The summed E-state index contributed by atoms with van der Waals surface area (Å²) in [6.45, 7) is 3.69. The summed E-state index contributed by atoms with van der Waals surface area (Å²) < 4.78 is 0. The SMILES string of the molecule is [CH2-]c1ccsc1.[Cl-].[Mg+2]. The molecule has 0 fully saturated rings. The van der Waals surface area contributed by atoms with Gasteiger partial charge in [0.1, 0.15) is 0 Å². The normalized spacial score (nSPS) is 6.50. The molecule has 8 heavy (non-hydrogen) atoms. The number of rotatable bonds is 0. The second-order valence-electron chi connectivity index (χ2n) is 1.13. The van der Waals surface area contributed by atoms with Gasteiger partial charge in [-0.25, -0.2) is 11.3 Å². The first-order valence-corrected chi connectivity index (χ1v) is 2.68. The van der Waals surface area contributed by atoms with Crippen molar-refractivity contribution in [2.75, 3.05) is 0 Å². The summed E-state index contributed by atoms with van der Waals surface area (Å²) in [7, 11) is 0. The number of thiophene rings is 1. The molecule has 1 aromatic heterocycles. The Morgan fingerprint density at radius 3 is 2.25 bits per heavy atom. The summed E-state index contributed by atoms with van der Waals surface area (Å²) in [6.07, 6.45) is 0. The molecule has 40 valence electrons. The molecule has 0 aliphatic rings. The average Bonchev–Trinajstić information content (AvgIpc) is 1.86.